The molecule has 3 heteroatoms. The molecule has 23 heavy (non-hydrogen) atoms. The molecule has 0 aromatic heterocycles. The van der Waals surface area contributed by atoms with Crippen LogP contribution in [0.1, 0.15) is 50.7 Å². The molecule has 0 heterocycles. The van der Waals surface area contributed by atoms with Gasteiger partial charge >= 0.3 is 0 Å². The largest absolute Gasteiger partial charge is 0.332 e. The van der Waals surface area contributed by atoms with Gasteiger partial charge in [-0.1, -0.05) is 51.5 Å². The van der Waals surface area contributed by atoms with Gasteiger partial charge in [-0.3, -0.25) is 0 Å². The summed E-state index contributed by atoms with van der Waals surface area (Å²) in [4.78, 5) is 0. The highest BCUT2D eigenvalue weighted by Gasteiger charge is 2.02. The minimum Gasteiger partial charge on any atom is -0.332 e. The zero-order chi connectivity index (χ0) is 16.7. The molecule has 0 aliphatic carbocycles. The van der Waals surface area contributed by atoms with E-state index in [0.29, 0.717) is 11.0 Å². The van der Waals surface area contributed by atoms with Gasteiger partial charge in [-0.15, -0.1) is 0 Å². The van der Waals surface area contributed by atoms with Crippen molar-refractivity contribution in [2.75, 3.05) is 10.6 Å². The van der Waals surface area contributed by atoms with Crippen LogP contribution in [-0.2, 0) is 6.42 Å². The molecular weight excluding hydrogens is 300 g/mol. The third-order valence-corrected chi connectivity index (χ3v) is 4.07. The number of hydrogen-bond acceptors (Lipinski definition) is 1. The fourth-order valence-corrected chi connectivity index (χ4v) is 2.62. The van der Waals surface area contributed by atoms with Crippen LogP contribution < -0.4 is 10.6 Å². The summed E-state index contributed by atoms with van der Waals surface area (Å²) in [5.41, 5.74) is 4.73. The van der Waals surface area contributed by atoms with Crippen LogP contribution in [0, 0.1) is 0 Å². The molecule has 2 N–H and O–H groups in total. The van der Waals surface area contributed by atoms with E-state index in [1.54, 1.807) is 0 Å². The van der Waals surface area contributed by atoms with E-state index in [0.717, 1.165) is 17.8 Å². The second-order valence-corrected chi connectivity index (χ2v) is 6.56. The average molecular weight is 327 g/mol. The Bertz CT molecular complexity index is 615. The average Bonchev–Trinajstić information content (AvgIpc) is 2.54. The number of anilines is 2. The topological polar surface area (TPSA) is 24.1 Å². The summed E-state index contributed by atoms with van der Waals surface area (Å²) in [5, 5.41) is 7.07. The molecule has 0 aliphatic rings. The molecule has 0 saturated carbocycles. The van der Waals surface area contributed by atoms with Crippen molar-refractivity contribution in [1.29, 1.82) is 0 Å². The number of aryl methyl sites for hydroxylation is 1. The summed E-state index contributed by atoms with van der Waals surface area (Å²) in [6.45, 7) is 6.60. The lowest BCUT2D eigenvalue weighted by Crippen LogP contribution is -2.19. The van der Waals surface area contributed by atoms with Crippen molar-refractivity contribution < 1.29 is 0 Å². The summed E-state index contributed by atoms with van der Waals surface area (Å²) in [7, 11) is 0. The number of nitrogens with one attached hydrogen (secondary N) is 2. The van der Waals surface area contributed by atoms with Crippen LogP contribution >= 0.6 is 12.2 Å². The van der Waals surface area contributed by atoms with Crippen molar-refractivity contribution in [1.82, 2.24) is 0 Å². The molecule has 2 aromatic rings. The van der Waals surface area contributed by atoms with Gasteiger partial charge < -0.3 is 10.6 Å². The molecule has 2 aromatic carbocycles. The molecule has 2 rings (SSSR count). The molecule has 0 saturated heterocycles. The number of rotatable bonds is 6. The smallest absolute Gasteiger partial charge is 0.175 e. The van der Waals surface area contributed by atoms with Crippen molar-refractivity contribution in [2.45, 2.75) is 46.0 Å². The molecule has 0 unspecified atom stereocenters. The second kappa shape index (κ2) is 8.68. The molecule has 0 bridgehead atoms. The molecule has 0 spiro atoms. The van der Waals surface area contributed by atoms with E-state index in [1.807, 2.05) is 0 Å². The molecule has 0 fully saturated rings. The van der Waals surface area contributed by atoms with Crippen LogP contribution in [0.5, 0.6) is 0 Å². The minimum atomic E-state index is 0.542. The van der Waals surface area contributed by atoms with Gasteiger partial charge in [0.25, 0.3) is 0 Å². The molecule has 2 nitrogen and oxygen atoms in total. The predicted molar refractivity (Wildman–Crippen MR) is 105 cm³/mol. The fraction of sp³-hybridized carbons (Fsp3) is 0.350. The zero-order valence-electron chi connectivity index (χ0n) is 14.2. The van der Waals surface area contributed by atoms with Gasteiger partial charge in [0.15, 0.2) is 5.11 Å². The quantitative estimate of drug-likeness (QED) is 0.640. The minimum absolute atomic E-state index is 0.542. The number of thiocarbonyl (C=S) groups is 1. The number of hydrogen-bond donors (Lipinski definition) is 2. The second-order valence-electron chi connectivity index (χ2n) is 6.16. The van der Waals surface area contributed by atoms with Gasteiger partial charge in [0, 0.05) is 11.4 Å². The third-order valence-electron chi connectivity index (χ3n) is 3.87. The Morgan fingerprint density at radius 3 is 1.91 bits per heavy atom. The maximum absolute atomic E-state index is 5.38. The Balaban J connectivity index is 1.88. The Kier molecular flexibility index (Phi) is 6.60. The molecular formula is C20H26N2S. The highest BCUT2D eigenvalue weighted by molar-refractivity contribution is 7.80. The van der Waals surface area contributed by atoms with Crippen LogP contribution in [0.2, 0.25) is 0 Å². The van der Waals surface area contributed by atoms with Crippen LogP contribution in [0.4, 0.5) is 11.4 Å². The SMILES string of the molecule is CCCCc1ccc(NC(=S)Nc2ccc(C(C)C)cc2)cc1. The van der Waals surface area contributed by atoms with Gasteiger partial charge in [-0.05, 0) is 66.4 Å². The van der Waals surface area contributed by atoms with Gasteiger partial charge in [0.1, 0.15) is 0 Å². The lowest BCUT2D eigenvalue weighted by molar-refractivity contribution is 0.795. The molecule has 0 atom stereocenters. The van der Waals surface area contributed by atoms with Crippen molar-refractivity contribution in [3.8, 4) is 0 Å². The number of benzene rings is 2. The van der Waals surface area contributed by atoms with E-state index in [1.165, 1.54) is 24.0 Å². The molecule has 0 amide bonds. The van der Waals surface area contributed by atoms with Crippen LogP contribution in [0.3, 0.4) is 0 Å². The van der Waals surface area contributed by atoms with E-state index >= 15 is 0 Å². The number of unbranched alkanes of at least 4 members (excludes halogenated alkanes) is 1. The van der Waals surface area contributed by atoms with Crippen LogP contribution in [0.15, 0.2) is 48.5 Å². The van der Waals surface area contributed by atoms with Gasteiger partial charge in [0.2, 0.25) is 0 Å². The van der Waals surface area contributed by atoms with E-state index in [9.17, 15) is 0 Å². The summed E-state index contributed by atoms with van der Waals surface area (Å²) in [5.74, 6) is 0.542. The summed E-state index contributed by atoms with van der Waals surface area (Å²) in [6, 6.07) is 16.9. The molecule has 0 radical (unpaired) electrons. The highest BCUT2D eigenvalue weighted by Crippen LogP contribution is 2.18. The molecule has 0 aliphatic heterocycles. The predicted octanol–water partition coefficient (Wildman–Crippen LogP) is 5.96. The van der Waals surface area contributed by atoms with Crippen LogP contribution in [-0.4, -0.2) is 5.11 Å². The first-order valence-corrected chi connectivity index (χ1v) is 8.76. The summed E-state index contributed by atoms with van der Waals surface area (Å²) >= 11 is 5.38. The molecule has 122 valence electrons. The van der Waals surface area contributed by atoms with Gasteiger partial charge in [-0.2, -0.15) is 0 Å². The Morgan fingerprint density at radius 2 is 1.43 bits per heavy atom. The van der Waals surface area contributed by atoms with E-state index in [2.05, 4.69) is 79.9 Å². The van der Waals surface area contributed by atoms with E-state index in [4.69, 9.17) is 12.2 Å². The summed E-state index contributed by atoms with van der Waals surface area (Å²) in [6.07, 6.45) is 3.60. The van der Waals surface area contributed by atoms with E-state index < -0.39 is 0 Å². The summed E-state index contributed by atoms with van der Waals surface area (Å²) < 4.78 is 0. The first kappa shape index (κ1) is 17.5. The van der Waals surface area contributed by atoms with Crippen molar-refractivity contribution in [3.63, 3.8) is 0 Å². The Morgan fingerprint density at radius 1 is 0.913 bits per heavy atom. The van der Waals surface area contributed by atoms with Gasteiger partial charge in [-0.25, -0.2) is 0 Å². The Hall–Kier alpha value is -1.87. The fourth-order valence-electron chi connectivity index (χ4n) is 2.38. The maximum atomic E-state index is 5.38. The van der Waals surface area contributed by atoms with Crippen molar-refractivity contribution >= 4 is 28.7 Å². The first-order chi connectivity index (χ1) is 11.1. The monoisotopic (exact) mass is 326 g/mol. The van der Waals surface area contributed by atoms with Gasteiger partial charge in [0.05, 0.1) is 0 Å². The lowest BCUT2D eigenvalue weighted by Gasteiger charge is -2.12. The maximum Gasteiger partial charge on any atom is 0.175 e. The zero-order valence-corrected chi connectivity index (χ0v) is 15.0. The first-order valence-electron chi connectivity index (χ1n) is 8.35. The third kappa shape index (κ3) is 5.68. The normalized spacial score (nSPS) is 10.6. The lowest BCUT2D eigenvalue weighted by atomic mass is 10.0. The highest BCUT2D eigenvalue weighted by atomic mass is 32.1. The standard InChI is InChI=1S/C20H26N2S/c1-4-5-6-16-7-11-18(12-8-16)21-20(23)22-19-13-9-17(10-14-19)15(2)3/h7-15H,4-6H2,1-3H3,(H2,21,22,23). The van der Waals surface area contributed by atoms with E-state index in [-0.39, 0.29) is 0 Å². The van der Waals surface area contributed by atoms with Crippen molar-refractivity contribution in [3.05, 3.63) is 59.7 Å². The Labute approximate surface area is 145 Å². The van der Waals surface area contributed by atoms with Crippen molar-refractivity contribution in [2.24, 2.45) is 0 Å². The van der Waals surface area contributed by atoms with Crippen LogP contribution in [0.25, 0.3) is 0 Å².